The Kier molecular flexibility index (Phi) is 9.45. The summed E-state index contributed by atoms with van der Waals surface area (Å²) in [4.78, 5) is 15.4. The van der Waals surface area contributed by atoms with Crippen molar-refractivity contribution in [2.45, 2.75) is 47.0 Å². The van der Waals surface area contributed by atoms with E-state index < -0.39 is 91.1 Å². The van der Waals surface area contributed by atoms with Gasteiger partial charge in [-0.3, -0.25) is 0 Å². The van der Waals surface area contributed by atoms with Crippen LogP contribution in [0, 0.1) is 34.7 Å². The molecule has 2 fully saturated rings. The van der Waals surface area contributed by atoms with Gasteiger partial charge in [0.15, 0.2) is 9.84 Å². The molecule has 0 unspecified atom stereocenters. The van der Waals surface area contributed by atoms with E-state index in [2.05, 4.69) is 4.74 Å². The summed E-state index contributed by atoms with van der Waals surface area (Å²) < 4.78 is 160. The molecule has 2 aliphatic rings. The minimum atomic E-state index is -6.24. The van der Waals surface area contributed by atoms with Gasteiger partial charge in [0.1, 0.15) is 22.2 Å². The molecule has 2 aliphatic heterocycles. The molecule has 3 aromatic rings. The van der Waals surface area contributed by atoms with Crippen LogP contribution in [0.3, 0.4) is 0 Å². The molecule has 0 aliphatic carbocycles. The number of ether oxygens (including phenoxy) is 1. The number of nitriles is 1. The Hall–Kier alpha value is -4.30. The first kappa shape index (κ1) is 36.0. The molecule has 0 bridgehead atoms. The molecule has 2 atom stereocenters. The number of alkyl halides is 6. The second kappa shape index (κ2) is 12.9. The van der Waals surface area contributed by atoms with Crippen LogP contribution in [0.25, 0.3) is 0 Å². The number of sulfone groups is 1. The first-order chi connectivity index (χ1) is 22.9. The largest absolute Gasteiger partial charge is 0.430 e. The van der Waals surface area contributed by atoms with Crippen molar-refractivity contribution in [3.8, 4) is 6.07 Å². The number of nitrogens with zero attached hydrogens (tertiary/aromatic N) is 3. The summed E-state index contributed by atoms with van der Waals surface area (Å²) in [5.41, 5.74) is -8.14. The van der Waals surface area contributed by atoms with Gasteiger partial charge < -0.3 is 14.5 Å². The standard InChI is InChI=1S/C32H26F9N3O4S/c33-23-8-10-24(11-9-23)49(46,47)29(13-15-44(19-29)28(45)43-14-12-20(16-42)17-43)21-4-6-22(7-5-21)30(31(36,37)38,32(39,40)41)48-18-25-26(34)2-1-3-27(25)35/h1-11,20H,12-15,17-19H2/t20-,29+/m1/s1. The normalized spacial score (nSPS) is 20.4. The lowest BCUT2D eigenvalue weighted by atomic mass is 9.88. The smallest absolute Gasteiger partial charge is 0.349 e. The molecule has 262 valence electrons. The topological polar surface area (TPSA) is 90.7 Å². The summed E-state index contributed by atoms with van der Waals surface area (Å²) in [5, 5.41) is 9.22. The average molecular weight is 720 g/mol. The van der Waals surface area contributed by atoms with E-state index in [1.54, 1.807) is 0 Å². The second-order valence-electron chi connectivity index (χ2n) is 11.7. The Bertz CT molecular complexity index is 1830. The zero-order chi connectivity index (χ0) is 36.0. The maximum Gasteiger partial charge on any atom is 0.430 e. The van der Waals surface area contributed by atoms with Crippen LogP contribution in [-0.2, 0) is 31.5 Å². The molecule has 0 radical (unpaired) electrons. The van der Waals surface area contributed by atoms with Crippen LogP contribution in [0.4, 0.5) is 44.3 Å². The van der Waals surface area contributed by atoms with Crippen LogP contribution < -0.4 is 0 Å². The molecular formula is C32H26F9N3O4S. The van der Waals surface area contributed by atoms with Crippen LogP contribution in [0.2, 0.25) is 0 Å². The van der Waals surface area contributed by atoms with Crippen LogP contribution in [0.15, 0.2) is 71.6 Å². The van der Waals surface area contributed by atoms with Gasteiger partial charge in [-0.15, -0.1) is 0 Å². The van der Waals surface area contributed by atoms with E-state index in [1.165, 1.54) is 4.90 Å². The van der Waals surface area contributed by atoms with Gasteiger partial charge in [-0.25, -0.2) is 26.4 Å². The predicted octanol–water partition coefficient (Wildman–Crippen LogP) is 6.98. The van der Waals surface area contributed by atoms with Gasteiger partial charge >= 0.3 is 18.4 Å². The molecule has 3 aromatic carbocycles. The van der Waals surface area contributed by atoms with E-state index >= 15 is 0 Å². The van der Waals surface area contributed by atoms with E-state index in [0.29, 0.717) is 30.7 Å². The number of halogens is 9. The Morgan fingerprint density at radius 3 is 2.00 bits per heavy atom. The molecule has 2 amide bonds. The highest BCUT2D eigenvalue weighted by molar-refractivity contribution is 7.92. The summed E-state index contributed by atoms with van der Waals surface area (Å²) in [6.45, 7) is -2.27. The second-order valence-corrected chi connectivity index (χ2v) is 14.0. The lowest BCUT2D eigenvalue weighted by Crippen LogP contribution is -2.56. The van der Waals surface area contributed by atoms with Crippen molar-refractivity contribution < 1.29 is 57.5 Å². The van der Waals surface area contributed by atoms with Gasteiger partial charge in [0, 0.05) is 37.3 Å². The molecule has 2 saturated heterocycles. The zero-order valence-electron chi connectivity index (χ0n) is 25.2. The molecule has 2 heterocycles. The van der Waals surface area contributed by atoms with Crippen molar-refractivity contribution in [2.24, 2.45) is 5.92 Å². The van der Waals surface area contributed by atoms with E-state index in [1.807, 2.05) is 6.07 Å². The van der Waals surface area contributed by atoms with E-state index in [0.717, 1.165) is 47.4 Å². The molecule has 0 N–H and O–H groups in total. The summed E-state index contributed by atoms with van der Waals surface area (Å²) in [7, 11) is -4.63. The lowest BCUT2D eigenvalue weighted by Gasteiger charge is -2.38. The van der Waals surface area contributed by atoms with Crippen LogP contribution in [0.5, 0.6) is 0 Å². The van der Waals surface area contributed by atoms with Crippen molar-refractivity contribution in [2.75, 3.05) is 26.2 Å². The summed E-state index contributed by atoms with van der Waals surface area (Å²) in [6.07, 6.45) is -12.4. The van der Waals surface area contributed by atoms with Crippen molar-refractivity contribution in [1.29, 1.82) is 5.26 Å². The van der Waals surface area contributed by atoms with Gasteiger partial charge in [0.2, 0.25) is 0 Å². The van der Waals surface area contributed by atoms with E-state index in [4.69, 9.17) is 0 Å². The molecule has 49 heavy (non-hydrogen) atoms. The number of benzene rings is 3. The van der Waals surface area contributed by atoms with Crippen molar-refractivity contribution in [3.63, 3.8) is 0 Å². The third kappa shape index (κ3) is 6.20. The van der Waals surface area contributed by atoms with Crippen LogP contribution >= 0.6 is 0 Å². The fraction of sp³-hybridized carbons (Fsp3) is 0.375. The number of hydrogen-bond donors (Lipinski definition) is 0. The van der Waals surface area contributed by atoms with Crippen LogP contribution in [0.1, 0.15) is 29.5 Å². The highest BCUT2D eigenvalue weighted by Gasteiger charge is 2.73. The number of hydrogen-bond acceptors (Lipinski definition) is 5. The lowest BCUT2D eigenvalue weighted by molar-refractivity contribution is -0.392. The minimum absolute atomic E-state index is 0.0754. The number of rotatable bonds is 7. The Balaban J connectivity index is 1.59. The van der Waals surface area contributed by atoms with Crippen molar-refractivity contribution in [1.82, 2.24) is 9.80 Å². The Labute approximate surface area is 274 Å². The molecule has 7 nitrogen and oxygen atoms in total. The van der Waals surface area contributed by atoms with Gasteiger partial charge in [-0.1, -0.05) is 30.3 Å². The van der Waals surface area contributed by atoms with E-state index in [-0.39, 0.29) is 31.6 Å². The van der Waals surface area contributed by atoms with E-state index in [9.17, 15) is 58.0 Å². The number of urea groups is 1. The molecule has 0 saturated carbocycles. The highest BCUT2D eigenvalue weighted by Crippen LogP contribution is 2.54. The number of likely N-dealkylation sites (tertiary alicyclic amines) is 2. The minimum Gasteiger partial charge on any atom is -0.349 e. The first-order valence-corrected chi connectivity index (χ1v) is 16.1. The average Bonchev–Trinajstić information content (AvgIpc) is 3.71. The van der Waals surface area contributed by atoms with Crippen molar-refractivity contribution >= 4 is 15.9 Å². The molecule has 5 rings (SSSR count). The zero-order valence-corrected chi connectivity index (χ0v) is 26.0. The number of carbonyl (C=O) groups excluding carboxylic acids is 1. The quantitative estimate of drug-likeness (QED) is 0.194. The SMILES string of the molecule is N#C[C@H]1CCN(C(=O)N2CC[C@](c3ccc(C(OCc4c(F)cccc4F)(C(F)(F)F)C(F)(F)F)cc3)(S(=O)(=O)c3ccc(F)cc3)C2)C1. The molecule has 0 aromatic heterocycles. The van der Waals surface area contributed by atoms with Gasteiger partial charge in [0.25, 0.3) is 5.60 Å². The Morgan fingerprint density at radius 2 is 1.47 bits per heavy atom. The van der Waals surface area contributed by atoms with Crippen molar-refractivity contribution in [3.05, 3.63) is 101 Å². The maximum absolute atomic E-state index is 14.5. The summed E-state index contributed by atoms with van der Waals surface area (Å²) in [5.74, 6) is -4.13. The monoisotopic (exact) mass is 719 g/mol. The number of carbonyl (C=O) groups is 1. The predicted molar refractivity (Wildman–Crippen MR) is 154 cm³/mol. The molecular weight excluding hydrogens is 693 g/mol. The van der Waals surface area contributed by atoms with Gasteiger partial charge in [-0.05, 0) is 54.8 Å². The number of amides is 2. The van der Waals surface area contributed by atoms with Gasteiger partial charge in [-0.2, -0.15) is 31.6 Å². The molecule has 17 heteroatoms. The summed E-state index contributed by atoms with van der Waals surface area (Å²) in [6, 6.07) is 9.30. The first-order valence-electron chi connectivity index (χ1n) is 14.6. The summed E-state index contributed by atoms with van der Waals surface area (Å²) >= 11 is 0. The van der Waals surface area contributed by atoms with Crippen LogP contribution in [-0.4, -0.2) is 62.8 Å². The van der Waals surface area contributed by atoms with Gasteiger partial charge in [0.05, 0.1) is 23.5 Å². The fourth-order valence-corrected chi connectivity index (χ4v) is 8.31. The molecule has 0 spiro atoms. The maximum atomic E-state index is 14.5. The Morgan fingerprint density at radius 1 is 0.878 bits per heavy atom. The third-order valence-corrected chi connectivity index (χ3v) is 11.4. The third-order valence-electron chi connectivity index (χ3n) is 8.89. The highest BCUT2D eigenvalue weighted by atomic mass is 32.2. The fourth-order valence-electron chi connectivity index (χ4n) is 6.23.